The third-order valence-corrected chi connectivity index (χ3v) is 4.66. The van der Waals surface area contributed by atoms with Crippen LogP contribution < -0.4 is 10.1 Å². The van der Waals surface area contributed by atoms with E-state index in [-0.39, 0.29) is 0 Å². The highest BCUT2D eigenvalue weighted by atomic mass is 32.1. The summed E-state index contributed by atoms with van der Waals surface area (Å²) in [7, 11) is 1.69. The topological polar surface area (TPSA) is 21.3 Å². The Labute approximate surface area is 155 Å². The molecule has 0 fully saturated rings. The van der Waals surface area contributed by atoms with Crippen molar-refractivity contribution in [3.63, 3.8) is 0 Å². The predicted octanol–water partition coefficient (Wildman–Crippen LogP) is 4.51. The van der Waals surface area contributed by atoms with E-state index in [2.05, 4.69) is 78.6 Å². The number of thiol groups is 1. The maximum Gasteiger partial charge on any atom is 0.118 e. The fourth-order valence-electron chi connectivity index (χ4n) is 3.27. The molecule has 1 N–H and O–H groups in total. The standard InChI is InChI=1S/C22H23NOS/c1-24-21-14-12-20(13-15-21)22(23-16-17-25,18-8-4-2-5-9-18)19-10-6-3-7-11-19/h2-15,23,25H,16-17H2,1H3. The molecule has 0 radical (unpaired) electrons. The molecule has 25 heavy (non-hydrogen) atoms. The number of rotatable bonds is 7. The lowest BCUT2D eigenvalue weighted by Gasteiger charge is -2.37. The Morgan fingerprint density at radius 3 is 1.68 bits per heavy atom. The SMILES string of the molecule is COc1ccc(C(NCCS)(c2ccccc2)c2ccccc2)cc1. The van der Waals surface area contributed by atoms with E-state index in [1.54, 1.807) is 7.11 Å². The number of methoxy groups -OCH3 is 1. The van der Waals surface area contributed by atoms with E-state index in [1.165, 1.54) is 16.7 Å². The van der Waals surface area contributed by atoms with Crippen LogP contribution in [0.3, 0.4) is 0 Å². The van der Waals surface area contributed by atoms with Crippen LogP contribution in [0.5, 0.6) is 5.75 Å². The summed E-state index contributed by atoms with van der Waals surface area (Å²) in [5, 5.41) is 3.75. The minimum absolute atomic E-state index is 0.433. The third kappa shape index (κ3) is 3.58. The number of nitrogens with one attached hydrogen (secondary N) is 1. The van der Waals surface area contributed by atoms with Crippen LogP contribution in [0.25, 0.3) is 0 Å². The molecule has 3 heteroatoms. The van der Waals surface area contributed by atoms with Crippen molar-refractivity contribution in [1.82, 2.24) is 5.32 Å². The van der Waals surface area contributed by atoms with Crippen molar-refractivity contribution >= 4 is 12.6 Å². The molecule has 0 aliphatic heterocycles. The van der Waals surface area contributed by atoms with Crippen LogP contribution in [-0.2, 0) is 5.54 Å². The third-order valence-electron chi connectivity index (χ3n) is 4.44. The molecule has 0 saturated heterocycles. The fourth-order valence-corrected chi connectivity index (χ4v) is 3.38. The zero-order valence-corrected chi connectivity index (χ0v) is 15.2. The maximum absolute atomic E-state index is 5.34. The quantitative estimate of drug-likeness (QED) is 0.484. The Morgan fingerprint density at radius 2 is 1.24 bits per heavy atom. The summed E-state index contributed by atoms with van der Waals surface area (Å²) in [5.41, 5.74) is 3.14. The summed E-state index contributed by atoms with van der Waals surface area (Å²) in [5.74, 6) is 1.62. The Hall–Kier alpha value is -2.23. The van der Waals surface area contributed by atoms with E-state index in [9.17, 15) is 0 Å². The molecule has 0 aliphatic carbocycles. The van der Waals surface area contributed by atoms with Crippen molar-refractivity contribution in [3.05, 3.63) is 102 Å². The lowest BCUT2D eigenvalue weighted by molar-refractivity contribution is 0.413. The Balaban J connectivity index is 2.23. The van der Waals surface area contributed by atoms with Gasteiger partial charge in [-0.1, -0.05) is 72.8 Å². The summed E-state index contributed by atoms with van der Waals surface area (Å²) < 4.78 is 5.34. The molecule has 3 rings (SSSR count). The Morgan fingerprint density at radius 1 is 0.760 bits per heavy atom. The molecule has 3 aromatic carbocycles. The zero-order valence-electron chi connectivity index (χ0n) is 14.4. The van der Waals surface area contributed by atoms with E-state index in [4.69, 9.17) is 4.74 Å². The van der Waals surface area contributed by atoms with Crippen LogP contribution in [-0.4, -0.2) is 19.4 Å². The molecule has 0 aromatic heterocycles. The van der Waals surface area contributed by atoms with E-state index in [1.807, 2.05) is 24.3 Å². The number of benzene rings is 3. The molecule has 0 unspecified atom stereocenters. The first kappa shape index (κ1) is 17.6. The lowest BCUT2D eigenvalue weighted by Crippen LogP contribution is -2.45. The Bertz CT molecular complexity index is 733. The average molecular weight is 349 g/mol. The van der Waals surface area contributed by atoms with Crippen molar-refractivity contribution in [2.24, 2.45) is 0 Å². The normalized spacial score (nSPS) is 11.3. The number of hydrogen-bond acceptors (Lipinski definition) is 3. The van der Waals surface area contributed by atoms with E-state index >= 15 is 0 Å². The van der Waals surface area contributed by atoms with Crippen molar-refractivity contribution in [2.75, 3.05) is 19.4 Å². The van der Waals surface area contributed by atoms with Gasteiger partial charge in [0.25, 0.3) is 0 Å². The molecular formula is C22H23NOS. The van der Waals surface area contributed by atoms with Crippen LogP contribution in [0.1, 0.15) is 16.7 Å². The maximum atomic E-state index is 5.34. The first-order valence-electron chi connectivity index (χ1n) is 8.42. The molecule has 0 heterocycles. The average Bonchev–Trinajstić information content (AvgIpc) is 2.71. The van der Waals surface area contributed by atoms with E-state index in [0.717, 1.165) is 18.0 Å². The summed E-state index contributed by atoms with van der Waals surface area (Å²) in [6.45, 7) is 0.791. The van der Waals surface area contributed by atoms with Gasteiger partial charge < -0.3 is 4.74 Å². The van der Waals surface area contributed by atoms with E-state index < -0.39 is 5.54 Å². The monoisotopic (exact) mass is 349 g/mol. The molecule has 0 atom stereocenters. The molecule has 2 nitrogen and oxygen atoms in total. The van der Waals surface area contributed by atoms with E-state index in [0.29, 0.717) is 0 Å². The highest BCUT2D eigenvalue weighted by molar-refractivity contribution is 7.80. The summed E-state index contributed by atoms with van der Waals surface area (Å²) in [6, 6.07) is 29.4. The zero-order chi connectivity index (χ0) is 17.5. The molecular weight excluding hydrogens is 326 g/mol. The number of hydrogen-bond donors (Lipinski definition) is 2. The minimum atomic E-state index is -0.433. The van der Waals surface area contributed by atoms with Gasteiger partial charge in [0.05, 0.1) is 12.6 Å². The van der Waals surface area contributed by atoms with Gasteiger partial charge in [-0.05, 0) is 28.8 Å². The molecule has 0 amide bonds. The largest absolute Gasteiger partial charge is 0.497 e. The van der Waals surface area contributed by atoms with Gasteiger partial charge >= 0.3 is 0 Å². The Kier molecular flexibility index (Phi) is 5.79. The van der Waals surface area contributed by atoms with Crippen molar-refractivity contribution in [2.45, 2.75) is 5.54 Å². The lowest BCUT2D eigenvalue weighted by atomic mass is 9.77. The van der Waals surface area contributed by atoms with Crippen LogP contribution in [0, 0.1) is 0 Å². The summed E-state index contributed by atoms with van der Waals surface area (Å²) >= 11 is 4.42. The number of ether oxygens (including phenoxy) is 1. The van der Waals surface area contributed by atoms with Gasteiger partial charge in [0, 0.05) is 12.3 Å². The van der Waals surface area contributed by atoms with Crippen molar-refractivity contribution in [3.8, 4) is 5.75 Å². The second-order valence-electron chi connectivity index (χ2n) is 5.86. The second kappa shape index (κ2) is 8.24. The minimum Gasteiger partial charge on any atom is -0.497 e. The van der Waals surface area contributed by atoms with Crippen molar-refractivity contribution < 1.29 is 4.74 Å². The first-order chi connectivity index (χ1) is 12.3. The highest BCUT2D eigenvalue weighted by Gasteiger charge is 2.35. The molecule has 0 saturated carbocycles. The second-order valence-corrected chi connectivity index (χ2v) is 6.31. The first-order valence-corrected chi connectivity index (χ1v) is 9.06. The smallest absolute Gasteiger partial charge is 0.118 e. The van der Waals surface area contributed by atoms with Crippen LogP contribution in [0.2, 0.25) is 0 Å². The van der Waals surface area contributed by atoms with Crippen LogP contribution in [0.4, 0.5) is 0 Å². The van der Waals surface area contributed by atoms with Gasteiger partial charge in [-0.3, -0.25) is 5.32 Å². The molecule has 0 aliphatic rings. The summed E-state index contributed by atoms with van der Waals surface area (Å²) in [4.78, 5) is 0. The van der Waals surface area contributed by atoms with Gasteiger partial charge in [-0.25, -0.2) is 0 Å². The molecule has 0 spiro atoms. The summed E-state index contributed by atoms with van der Waals surface area (Å²) in [6.07, 6.45) is 0. The van der Waals surface area contributed by atoms with Gasteiger partial charge in [0.1, 0.15) is 5.75 Å². The van der Waals surface area contributed by atoms with Crippen LogP contribution in [0.15, 0.2) is 84.9 Å². The van der Waals surface area contributed by atoms with Crippen LogP contribution >= 0.6 is 12.6 Å². The van der Waals surface area contributed by atoms with Gasteiger partial charge in [-0.2, -0.15) is 12.6 Å². The highest BCUT2D eigenvalue weighted by Crippen LogP contribution is 2.37. The molecule has 3 aromatic rings. The van der Waals surface area contributed by atoms with Gasteiger partial charge in [0.2, 0.25) is 0 Å². The van der Waals surface area contributed by atoms with Gasteiger partial charge in [0.15, 0.2) is 0 Å². The van der Waals surface area contributed by atoms with Gasteiger partial charge in [-0.15, -0.1) is 0 Å². The molecule has 128 valence electrons. The van der Waals surface area contributed by atoms with Crippen molar-refractivity contribution in [1.29, 1.82) is 0 Å². The predicted molar refractivity (Wildman–Crippen MR) is 108 cm³/mol. The molecule has 0 bridgehead atoms. The fraction of sp³-hybridized carbons (Fsp3) is 0.182.